The van der Waals surface area contributed by atoms with Crippen molar-refractivity contribution in [2.45, 2.75) is 52.1 Å². The van der Waals surface area contributed by atoms with Gasteiger partial charge in [-0.3, -0.25) is 0 Å². The molecule has 1 saturated carbocycles. The summed E-state index contributed by atoms with van der Waals surface area (Å²) >= 11 is 0. The zero-order valence-corrected chi connectivity index (χ0v) is 12.4. The molecule has 4 nitrogen and oxygen atoms in total. The maximum Gasteiger partial charge on any atom is 0.170 e. The van der Waals surface area contributed by atoms with E-state index in [2.05, 4.69) is 24.3 Å². The Bertz CT molecular complexity index is 482. The summed E-state index contributed by atoms with van der Waals surface area (Å²) in [5, 5.41) is 15.6. The summed E-state index contributed by atoms with van der Waals surface area (Å²) in [4.78, 5) is 0. The largest absolute Gasteiger partial charge is 0.409 e. The van der Waals surface area contributed by atoms with Gasteiger partial charge in [0, 0.05) is 18.2 Å². The molecule has 0 saturated heterocycles. The van der Waals surface area contributed by atoms with Crippen LogP contribution in [0.5, 0.6) is 0 Å². The lowest BCUT2D eigenvalue weighted by Gasteiger charge is -2.35. The minimum atomic E-state index is 0.173. The van der Waals surface area contributed by atoms with Gasteiger partial charge in [-0.1, -0.05) is 49.7 Å². The van der Waals surface area contributed by atoms with E-state index in [-0.39, 0.29) is 5.84 Å². The van der Waals surface area contributed by atoms with Crippen molar-refractivity contribution in [3.63, 3.8) is 0 Å². The van der Waals surface area contributed by atoms with Gasteiger partial charge in [0.15, 0.2) is 5.84 Å². The van der Waals surface area contributed by atoms with Crippen LogP contribution in [0, 0.1) is 5.41 Å². The molecule has 1 aromatic rings. The minimum absolute atomic E-state index is 0.173. The third-order valence-corrected chi connectivity index (χ3v) is 4.19. The van der Waals surface area contributed by atoms with Gasteiger partial charge in [0.25, 0.3) is 0 Å². The van der Waals surface area contributed by atoms with Crippen molar-refractivity contribution in [3.05, 3.63) is 35.4 Å². The summed E-state index contributed by atoms with van der Waals surface area (Å²) in [5.74, 6) is 0.173. The summed E-state index contributed by atoms with van der Waals surface area (Å²) in [6, 6.07) is 8.35. The van der Waals surface area contributed by atoms with Crippen LogP contribution in [0.25, 0.3) is 0 Å². The summed E-state index contributed by atoms with van der Waals surface area (Å²) < 4.78 is 0. The van der Waals surface area contributed by atoms with Crippen LogP contribution in [0.4, 0.5) is 0 Å². The number of hydrogen-bond donors (Lipinski definition) is 3. The molecule has 20 heavy (non-hydrogen) atoms. The molecular weight excluding hydrogens is 250 g/mol. The fourth-order valence-electron chi connectivity index (χ4n) is 3.10. The first-order valence-corrected chi connectivity index (χ1v) is 7.31. The highest BCUT2D eigenvalue weighted by atomic mass is 16.4. The van der Waals surface area contributed by atoms with Gasteiger partial charge in [-0.2, -0.15) is 0 Å². The van der Waals surface area contributed by atoms with E-state index in [0.717, 1.165) is 17.7 Å². The maximum absolute atomic E-state index is 8.84. The fourth-order valence-corrected chi connectivity index (χ4v) is 3.10. The zero-order chi connectivity index (χ0) is 14.6. The highest BCUT2D eigenvalue weighted by Gasteiger charge is 2.27. The second-order valence-corrected chi connectivity index (χ2v) is 6.48. The van der Waals surface area contributed by atoms with E-state index in [4.69, 9.17) is 10.9 Å². The van der Waals surface area contributed by atoms with Crippen molar-refractivity contribution in [2.24, 2.45) is 16.3 Å². The predicted octanol–water partition coefficient (Wildman–Crippen LogP) is 2.84. The third-order valence-electron chi connectivity index (χ3n) is 4.19. The molecule has 0 spiro atoms. The molecule has 1 aliphatic rings. The molecule has 0 radical (unpaired) electrons. The Kier molecular flexibility index (Phi) is 4.65. The molecule has 0 aromatic heterocycles. The van der Waals surface area contributed by atoms with Gasteiger partial charge in [-0.15, -0.1) is 0 Å². The molecule has 0 aliphatic heterocycles. The standard InChI is InChI=1S/C16H25N3O/c1-16(2)9-5-7-13(10-16)18-11-12-6-3-4-8-14(12)15(17)19-20/h3-4,6,8,13,18,20H,5,7,9-11H2,1-2H3,(H2,17,19). The van der Waals surface area contributed by atoms with Gasteiger partial charge in [0.1, 0.15) is 0 Å². The van der Waals surface area contributed by atoms with Crippen molar-refractivity contribution >= 4 is 5.84 Å². The monoisotopic (exact) mass is 275 g/mol. The van der Waals surface area contributed by atoms with E-state index in [1.165, 1.54) is 25.7 Å². The number of nitrogens with zero attached hydrogens (tertiary/aromatic N) is 1. The number of rotatable bonds is 4. The SMILES string of the molecule is CC1(C)CCCC(NCc2ccccc2/C(N)=N/O)C1. The van der Waals surface area contributed by atoms with E-state index in [1.54, 1.807) is 0 Å². The number of hydrogen-bond acceptors (Lipinski definition) is 3. The Morgan fingerprint density at radius 1 is 1.45 bits per heavy atom. The van der Waals surface area contributed by atoms with Crippen LogP contribution in [0.15, 0.2) is 29.4 Å². The zero-order valence-electron chi connectivity index (χ0n) is 12.4. The molecule has 1 aromatic carbocycles. The molecule has 1 atom stereocenters. The van der Waals surface area contributed by atoms with Crippen molar-refractivity contribution in [3.8, 4) is 0 Å². The number of nitrogens with one attached hydrogen (secondary N) is 1. The summed E-state index contributed by atoms with van der Waals surface area (Å²) in [7, 11) is 0. The van der Waals surface area contributed by atoms with E-state index in [1.807, 2.05) is 24.3 Å². The number of nitrogens with two attached hydrogens (primary N) is 1. The minimum Gasteiger partial charge on any atom is -0.409 e. The molecule has 4 N–H and O–H groups in total. The highest BCUT2D eigenvalue weighted by molar-refractivity contribution is 5.98. The van der Waals surface area contributed by atoms with Crippen molar-refractivity contribution < 1.29 is 5.21 Å². The molecule has 0 bridgehead atoms. The molecule has 110 valence electrons. The average Bonchev–Trinajstić information content (AvgIpc) is 2.43. The summed E-state index contributed by atoms with van der Waals surface area (Å²) in [5.41, 5.74) is 8.03. The van der Waals surface area contributed by atoms with E-state index in [9.17, 15) is 0 Å². The first kappa shape index (κ1) is 14.9. The predicted molar refractivity (Wildman–Crippen MR) is 81.8 cm³/mol. The molecule has 1 aliphatic carbocycles. The van der Waals surface area contributed by atoms with Crippen LogP contribution in [0.3, 0.4) is 0 Å². The number of oxime groups is 1. The second-order valence-electron chi connectivity index (χ2n) is 6.48. The van der Waals surface area contributed by atoms with Crippen LogP contribution >= 0.6 is 0 Å². The Balaban J connectivity index is 2.01. The van der Waals surface area contributed by atoms with E-state index < -0.39 is 0 Å². The fraction of sp³-hybridized carbons (Fsp3) is 0.562. The average molecular weight is 275 g/mol. The smallest absolute Gasteiger partial charge is 0.170 e. The summed E-state index contributed by atoms with van der Waals surface area (Å²) in [6.07, 6.45) is 5.03. The van der Waals surface area contributed by atoms with Crippen molar-refractivity contribution in [2.75, 3.05) is 0 Å². The van der Waals surface area contributed by atoms with Gasteiger partial charge in [0.2, 0.25) is 0 Å². The molecule has 0 amide bonds. The van der Waals surface area contributed by atoms with Crippen LogP contribution < -0.4 is 11.1 Å². The Morgan fingerprint density at radius 3 is 2.90 bits per heavy atom. The molecule has 0 heterocycles. The lowest BCUT2D eigenvalue weighted by atomic mass is 9.75. The van der Waals surface area contributed by atoms with Crippen LogP contribution in [-0.4, -0.2) is 17.1 Å². The topological polar surface area (TPSA) is 70.6 Å². The molecule has 1 fully saturated rings. The lowest BCUT2D eigenvalue weighted by Crippen LogP contribution is -2.37. The summed E-state index contributed by atoms with van der Waals surface area (Å²) in [6.45, 7) is 5.43. The third kappa shape index (κ3) is 3.73. The highest BCUT2D eigenvalue weighted by Crippen LogP contribution is 2.35. The first-order valence-electron chi connectivity index (χ1n) is 7.31. The van der Waals surface area contributed by atoms with Gasteiger partial charge >= 0.3 is 0 Å². The number of benzene rings is 1. The van der Waals surface area contributed by atoms with Crippen molar-refractivity contribution in [1.82, 2.24) is 5.32 Å². The van der Waals surface area contributed by atoms with Crippen molar-refractivity contribution in [1.29, 1.82) is 0 Å². The molecule has 4 heteroatoms. The Labute approximate surface area is 121 Å². The maximum atomic E-state index is 8.84. The van der Waals surface area contributed by atoms with E-state index in [0.29, 0.717) is 11.5 Å². The number of amidine groups is 1. The quantitative estimate of drug-likeness (QED) is 0.342. The van der Waals surface area contributed by atoms with Gasteiger partial charge in [-0.05, 0) is 30.2 Å². The molecule has 1 unspecified atom stereocenters. The molecule has 2 rings (SSSR count). The van der Waals surface area contributed by atoms with Crippen LogP contribution in [0.2, 0.25) is 0 Å². The van der Waals surface area contributed by atoms with Crippen LogP contribution in [-0.2, 0) is 6.54 Å². The lowest BCUT2D eigenvalue weighted by molar-refractivity contribution is 0.198. The van der Waals surface area contributed by atoms with E-state index >= 15 is 0 Å². The van der Waals surface area contributed by atoms with Crippen LogP contribution in [0.1, 0.15) is 50.7 Å². The second kappa shape index (κ2) is 6.27. The van der Waals surface area contributed by atoms with Gasteiger partial charge in [0.05, 0.1) is 0 Å². The normalized spacial score (nSPS) is 22.7. The first-order chi connectivity index (χ1) is 9.52. The Hall–Kier alpha value is -1.55. The Morgan fingerprint density at radius 2 is 2.20 bits per heavy atom. The van der Waals surface area contributed by atoms with Gasteiger partial charge in [-0.25, -0.2) is 0 Å². The van der Waals surface area contributed by atoms with Gasteiger partial charge < -0.3 is 16.3 Å². The molecular formula is C16H25N3O.